The molecule has 0 unspecified atom stereocenters. The molecule has 0 fully saturated rings. The normalized spacial score (nSPS) is 10.6. The summed E-state index contributed by atoms with van der Waals surface area (Å²) in [6.45, 7) is 0. The molecule has 0 aliphatic rings. The third kappa shape index (κ3) is 3.60. The zero-order valence-corrected chi connectivity index (χ0v) is 14.7. The Kier molecular flexibility index (Phi) is 4.56. The van der Waals surface area contributed by atoms with Gasteiger partial charge in [-0.15, -0.1) is 0 Å². The van der Waals surface area contributed by atoms with Crippen molar-refractivity contribution >= 4 is 22.6 Å². The zero-order valence-electron chi connectivity index (χ0n) is 14.7. The van der Waals surface area contributed by atoms with Crippen molar-refractivity contribution in [3.63, 3.8) is 0 Å². The summed E-state index contributed by atoms with van der Waals surface area (Å²) in [6.07, 6.45) is 1.83. The fourth-order valence-electron chi connectivity index (χ4n) is 2.99. The van der Waals surface area contributed by atoms with Crippen LogP contribution in [0.3, 0.4) is 0 Å². The van der Waals surface area contributed by atoms with E-state index in [9.17, 15) is 9.18 Å². The fraction of sp³-hybridized carbons (Fsp3) is 0.0455. The summed E-state index contributed by atoms with van der Waals surface area (Å²) in [5.74, 6) is -0.558. The lowest BCUT2D eigenvalue weighted by Gasteiger charge is -2.06. The van der Waals surface area contributed by atoms with Crippen LogP contribution in [0, 0.1) is 17.1 Å². The Bertz CT molecular complexity index is 1210. The van der Waals surface area contributed by atoms with E-state index in [2.05, 4.69) is 21.4 Å². The van der Waals surface area contributed by atoms with Crippen molar-refractivity contribution in [1.82, 2.24) is 9.97 Å². The number of nitrogens with zero attached hydrogens (tertiary/aromatic N) is 2. The molecule has 5 nitrogen and oxygen atoms in total. The highest BCUT2D eigenvalue weighted by atomic mass is 19.1. The van der Waals surface area contributed by atoms with Crippen LogP contribution in [0.5, 0.6) is 0 Å². The number of hydrogen-bond acceptors (Lipinski definition) is 3. The van der Waals surface area contributed by atoms with Crippen molar-refractivity contribution in [2.24, 2.45) is 0 Å². The second kappa shape index (κ2) is 7.33. The molecule has 0 spiro atoms. The van der Waals surface area contributed by atoms with Gasteiger partial charge in [0, 0.05) is 16.6 Å². The Hall–Kier alpha value is -3.98. The maximum absolute atomic E-state index is 13.1. The molecule has 6 heteroatoms. The molecule has 0 saturated carbocycles. The number of nitriles is 1. The second-order valence-electron chi connectivity index (χ2n) is 6.34. The molecule has 0 atom stereocenters. The summed E-state index contributed by atoms with van der Waals surface area (Å²) in [6, 6.07) is 19.0. The van der Waals surface area contributed by atoms with E-state index in [0.29, 0.717) is 16.9 Å². The number of pyridine rings is 1. The third-order valence-corrected chi connectivity index (χ3v) is 4.36. The number of aromatic nitrogens is 2. The number of H-pyrrole nitrogens is 1. The first kappa shape index (κ1) is 17.4. The molecular formula is C22H15FN4O. The molecule has 2 heterocycles. The Morgan fingerprint density at radius 2 is 1.96 bits per heavy atom. The highest BCUT2D eigenvalue weighted by molar-refractivity contribution is 6.05. The van der Waals surface area contributed by atoms with Gasteiger partial charge in [-0.25, -0.2) is 9.37 Å². The minimum Gasteiger partial charge on any atom is -0.339 e. The largest absolute Gasteiger partial charge is 0.339 e. The summed E-state index contributed by atoms with van der Waals surface area (Å²) in [5.41, 5.74) is 4.17. The number of aromatic amines is 1. The number of carbonyl (C=O) groups excluding carboxylic acids is 1. The van der Waals surface area contributed by atoms with E-state index in [4.69, 9.17) is 5.26 Å². The Labute approximate surface area is 160 Å². The number of halogens is 1. The van der Waals surface area contributed by atoms with Crippen molar-refractivity contribution < 1.29 is 9.18 Å². The highest BCUT2D eigenvalue weighted by Gasteiger charge is 2.10. The van der Waals surface area contributed by atoms with E-state index >= 15 is 0 Å². The Morgan fingerprint density at radius 3 is 2.75 bits per heavy atom. The average Bonchev–Trinajstić information content (AvgIpc) is 3.12. The number of hydrogen-bond donors (Lipinski definition) is 2. The van der Waals surface area contributed by atoms with E-state index in [-0.39, 0.29) is 18.1 Å². The molecule has 4 aromatic rings. The van der Waals surface area contributed by atoms with Crippen LogP contribution in [0.1, 0.15) is 15.9 Å². The standard InChI is InChI=1S/C22H15FN4O/c23-18-6-4-15(5-7-18)20-12-17-11-19(13-25-21(17)27-20)26-22(28)16-3-1-2-14(10-16)8-9-24/h1-7,10-13H,8H2,(H,25,27)(H,26,28). The molecule has 2 N–H and O–H groups in total. The van der Waals surface area contributed by atoms with E-state index in [1.165, 1.54) is 12.1 Å². The molecule has 4 rings (SSSR count). The lowest BCUT2D eigenvalue weighted by Crippen LogP contribution is -2.12. The predicted molar refractivity (Wildman–Crippen MR) is 105 cm³/mol. The van der Waals surface area contributed by atoms with Gasteiger partial charge in [0.25, 0.3) is 5.91 Å². The van der Waals surface area contributed by atoms with Gasteiger partial charge in [0.15, 0.2) is 0 Å². The number of benzene rings is 2. The molecule has 136 valence electrons. The Balaban J connectivity index is 1.58. The van der Waals surface area contributed by atoms with E-state index in [1.807, 2.05) is 18.2 Å². The van der Waals surface area contributed by atoms with E-state index in [0.717, 1.165) is 22.2 Å². The van der Waals surface area contributed by atoms with Gasteiger partial charge in [-0.3, -0.25) is 4.79 Å². The quantitative estimate of drug-likeness (QED) is 0.547. The van der Waals surface area contributed by atoms with Gasteiger partial charge in [-0.2, -0.15) is 5.26 Å². The fourth-order valence-corrected chi connectivity index (χ4v) is 2.99. The topological polar surface area (TPSA) is 81.6 Å². The van der Waals surface area contributed by atoms with Crippen LogP contribution in [0.4, 0.5) is 10.1 Å². The van der Waals surface area contributed by atoms with Crippen molar-refractivity contribution in [2.45, 2.75) is 6.42 Å². The number of fused-ring (bicyclic) bond motifs is 1. The molecule has 28 heavy (non-hydrogen) atoms. The summed E-state index contributed by atoms with van der Waals surface area (Å²) in [5, 5.41) is 12.5. The van der Waals surface area contributed by atoms with Gasteiger partial charge < -0.3 is 10.3 Å². The first-order valence-electron chi connectivity index (χ1n) is 8.64. The first-order chi connectivity index (χ1) is 13.6. The third-order valence-electron chi connectivity index (χ3n) is 4.36. The van der Waals surface area contributed by atoms with Gasteiger partial charge in [0.1, 0.15) is 11.5 Å². The van der Waals surface area contributed by atoms with Crippen molar-refractivity contribution in [2.75, 3.05) is 5.32 Å². The minimum absolute atomic E-state index is 0.254. The molecule has 0 aliphatic heterocycles. The van der Waals surface area contributed by atoms with Gasteiger partial charge in [-0.05, 0) is 59.7 Å². The number of anilines is 1. The smallest absolute Gasteiger partial charge is 0.255 e. The second-order valence-corrected chi connectivity index (χ2v) is 6.34. The first-order valence-corrected chi connectivity index (χ1v) is 8.64. The zero-order chi connectivity index (χ0) is 19.5. The minimum atomic E-state index is -0.290. The van der Waals surface area contributed by atoms with Gasteiger partial charge in [-0.1, -0.05) is 12.1 Å². The van der Waals surface area contributed by atoms with Crippen LogP contribution in [-0.4, -0.2) is 15.9 Å². The van der Waals surface area contributed by atoms with E-state index in [1.54, 1.807) is 36.5 Å². The van der Waals surface area contributed by atoms with Gasteiger partial charge >= 0.3 is 0 Å². The molecule has 0 radical (unpaired) electrons. The summed E-state index contributed by atoms with van der Waals surface area (Å²) in [4.78, 5) is 20.0. The van der Waals surface area contributed by atoms with Gasteiger partial charge in [0.2, 0.25) is 0 Å². The highest BCUT2D eigenvalue weighted by Crippen LogP contribution is 2.25. The molecule has 0 bridgehead atoms. The summed E-state index contributed by atoms with van der Waals surface area (Å²) >= 11 is 0. The lowest BCUT2D eigenvalue weighted by atomic mass is 10.1. The van der Waals surface area contributed by atoms with Crippen molar-refractivity contribution in [3.05, 3.63) is 83.8 Å². The van der Waals surface area contributed by atoms with Crippen LogP contribution in [-0.2, 0) is 6.42 Å². The van der Waals surface area contributed by atoms with Crippen molar-refractivity contribution in [1.29, 1.82) is 5.26 Å². The number of amides is 1. The molecule has 0 saturated heterocycles. The Morgan fingerprint density at radius 1 is 1.14 bits per heavy atom. The van der Waals surface area contributed by atoms with Crippen molar-refractivity contribution in [3.8, 4) is 17.3 Å². The molecule has 0 aliphatic carbocycles. The molecule has 2 aromatic carbocycles. The number of rotatable bonds is 4. The lowest BCUT2D eigenvalue weighted by molar-refractivity contribution is 0.102. The van der Waals surface area contributed by atoms with E-state index < -0.39 is 0 Å². The monoisotopic (exact) mass is 370 g/mol. The summed E-state index contributed by atoms with van der Waals surface area (Å²) < 4.78 is 13.1. The van der Waals surface area contributed by atoms with Crippen LogP contribution < -0.4 is 5.32 Å². The number of carbonyl (C=O) groups is 1. The molecule has 2 aromatic heterocycles. The van der Waals surface area contributed by atoms with Crippen LogP contribution in [0.25, 0.3) is 22.3 Å². The van der Waals surface area contributed by atoms with Crippen LogP contribution in [0.2, 0.25) is 0 Å². The summed E-state index contributed by atoms with van der Waals surface area (Å²) in [7, 11) is 0. The molecule has 1 amide bonds. The average molecular weight is 370 g/mol. The maximum atomic E-state index is 13.1. The maximum Gasteiger partial charge on any atom is 0.255 e. The molecular weight excluding hydrogens is 355 g/mol. The number of nitrogens with one attached hydrogen (secondary N) is 2. The van der Waals surface area contributed by atoms with Crippen LogP contribution in [0.15, 0.2) is 66.9 Å². The predicted octanol–water partition coefficient (Wildman–Crippen LogP) is 4.69. The SMILES string of the molecule is N#CCc1cccc(C(=O)Nc2cnc3[nH]c(-c4ccc(F)cc4)cc3c2)c1. The van der Waals surface area contributed by atoms with Crippen LogP contribution >= 0.6 is 0 Å². The van der Waals surface area contributed by atoms with Gasteiger partial charge in [0.05, 0.1) is 24.4 Å².